The topological polar surface area (TPSA) is 59.1 Å². The number of anilines is 1. The number of para-hydroxylation sites is 1. The summed E-state index contributed by atoms with van der Waals surface area (Å²) in [5.74, 6) is -3.43. The van der Waals surface area contributed by atoms with Gasteiger partial charge in [-0.05, 0) is 19.1 Å². The van der Waals surface area contributed by atoms with Crippen molar-refractivity contribution in [3.63, 3.8) is 0 Å². The van der Waals surface area contributed by atoms with E-state index in [0.29, 0.717) is 6.54 Å². The minimum Gasteiger partial charge on any atom is -0.379 e. The first-order valence-electron chi connectivity index (χ1n) is 5.67. The minimum atomic E-state index is -4.61. The van der Waals surface area contributed by atoms with Gasteiger partial charge < -0.3 is 5.32 Å². The van der Waals surface area contributed by atoms with Crippen molar-refractivity contribution in [1.82, 2.24) is 4.98 Å². The van der Waals surface area contributed by atoms with Crippen molar-refractivity contribution in [2.24, 2.45) is 0 Å². The predicted octanol–water partition coefficient (Wildman–Crippen LogP) is 3.06. The van der Waals surface area contributed by atoms with Crippen LogP contribution in [0, 0.1) is 6.92 Å². The van der Waals surface area contributed by atoms with E-state index >= 15 is 0 Å². The molecule has 0 aliphatic rings. The van der Waals surface area contributed by atoms with Gasteiger partial charge in [0.2, 0.25) is 9.84 Å². The third-order valence-corrected chi connectivity index (χ3v) is 4.90. The maximum Gasteiger partial charge on any atom is 0.341 e. The average Bonchev–Trinajstić information content (AvgIpc) is 2.82. The van der Waals surface area contributed by atoms with Crippen LogP contribution < -0.4 is 5.32 Å². The van der Waals surface area contributed by atoms with Crippen molar-refractivity contribution in [3.8, 4) is 0 Å². The van der Waals surface area contributed by atoms with E-state index in [2.05, 4.69) is 10.3 Å². The molecule has 1 N–H and O–H groups in total. The normalized spacial score (nSPS) is 11.8. The lowest BCUT2D eigenvalue weighted by Gasteiger charge is -2.11. The third kappa shape index (κ3) is 3.13. The van der Waals surface area contributed by atoms with Gasteiger partial charge in [0.05, 0.1) is 22.1 Å². The van der Waals surface area contributed by atoms with Gasteiger partial charge in [0.25, 0.3) is 0 Å². The molecule has 0 bridgehead atoms. The Morgan fingerprint density at radius 2 is 2.05 bits per heavy atom. The van der Waals surface area contributed by atoms with Crippen LogP contribution in [0.5, 0.6) is 0 Å². The first kappa shape index (κ1) is 14.9. The molecule has 20 heavy (non-hydrogen) atoms. The molecule has 2 rings (SSSR count). The number of rotatable bonds is 5. The highest BCUT2D eigenvalue weighted by Gasteiger charge is 2.28. The zero-order valence-corrected chi connectivity index (χ0v) is 12.1. The highest BCUT2D eigenvalue weighted by Crippen LogP contribution is 2.26. The maximum absolute atomic E-state index is 12.6. The molecule has 108 valence electrons. The quantitative estimate of drug-likeness (QED) is 0.920. The predicted molar refractivity (Wildman–Crippen MR) is 73.8 cm³/mol. The molecule has 1 heterocycles. The van der Waals surface area contributed by atoms with Gasteiger partial charge >= 0.3 is 5.76 Å². The van der Waals surface area contributed by atoms with Gasteiger partial charge in [0.1, 0.15) is 0 Å². The molecule has 0 amide bonds. The average molecular weight is 318 g/mol. The van der Waals surface area contributed by atoms with Crippen molar-refractivity contribution in [2.45, 2.75) is 24.1 Å². The number of hydrogen-bond acceptors (Lipinski definition) is 5. The molecule has 4 nitrogen and oxygen atoms in total. The Hall–Kier alpha value is -1.54. The van der Waals surface area contributed by atoms with Crippen LogP contribution in [0.1, 0.15) is 9.88 Å². The lowest BCUT2D eigenvalue weighted by Crippen LogP contribution is -2.14. The molecule has 0 unspecified atom stereocenters. The summed E-state index contributed by atoms with van der Waals surface area (Å²) < 4.78 is 48.4. The van der Waals surface area contributed by atoms with Crippen LogP contribution in [0.15, 0.2) is 35.4 Å². The van der Waals surface area contributed by atoms with Crippen LogP contribution in [0.2, 0.25) is 0 Å². The second kappa shape index (κ2) is 5.84. The number of nitrogens with one attached hydrogen (secondary N) is 1. The number of thiazole rings is 1. The number of aromatic nitrogens is 1. The Morgan fingerprint density at radius 3 is 2.65 bits per heavy atom. The van der Waals surface area contributed by atoms with Crippen molar-refractivity contribution < 1.29 is 17.2 Å². The fourth-order valence-corrected chi connectivity index (χ4v) is 3.27. The van der Waals surface area contributed by atoms with Crippen LogP contribution in [-0.4, -0.2) is 19.2 Å². The van der Waals surface area contributed by atoms with Gasteiger partial charge in [0, 0.05) is 11.1 Å². The molecule has 0 aliphatic heterocycles. The molecule has 0 atom stereocenters. The Labute approximate surface area is 119 Å². The molecular weight excluding hydrogens is 306 g/mol. The van der Waals surface area contributed by atoms with Gasteiger partial charge in [-0.1, -0.05) is 12.1 Å². The van der Waals surface area contributed by atoms with Crippen LogP contribution in [0.25, 0.3) is 0 Å². The lowest BCUT2D eigenvalue weighted by molar-refractivity contribution is 0.235. The summed E-state index contributed by atoms with van der Waals surface area (Å²) in [7, 11) is -4.61. The first-order valence-corrected chi connectivity index (χ1v) is 8.04. The Morgan fingerprint density at radius 1 is 1.35 bits per heavy atom. The summed E-state index contributed by atoms with van der Waals surface area (Å²) >= 11 is 1.46. The van der Waals surface area contributed by atoms with E-state index < -0.39 is 20.5 Å². The number of aryl methyl sites for hydroxylation is 1. The van der Waals surface area contributed by atoms with Gasteiger partial charge in [-0.25, -0.2) is 13.4 Å². The minimum absolute atomic E-state index is 0.166. The highest BCUT2D eigenvalue weighted by atomic mass is 32.2. The highest BCUT2D eigenvalue weighted by molar-refractivity contribution is 7.91. The Bertz CT molecular complexity index is 699. The summed E-state index contributed by atoms with van der Waals surface area (Å²) in [5, 5.41) is 3.75. The summed E-state index contributed by atoms with van der Waals surface area (Å²) in [6, 6.07) is 5.63. The van der Waals surface area contributed by atoms with E-state index in [-0.39, 0.29) is 5.69 Å². The molecule has 2 aromatic rings. The summed E-state index contributed by atoms with van der Waals surface area (Å²) in [6.45, 7) is 2.19. The van der Waals surface area contributed by atoms with Crippen molar-refractivity contribution in [3.05, 3.63) is 40.3 Å². The molecule has 0 aliphatic carbocycles. The van der Waals surface area contributed by atoms with Gasteiger partial charge in [-0.15, -0.1) is 11.3 Å². The molecule has 0 saturated carbocycles. The molecule has 0 saturated heterocycles. The van der Waals surface area contributed by atoms with E-state index in [1.54, 1.807) is 12.3 Å². The first-order chi connectivity index (χ1) is 9.41. The fraction of sp³-hybridized carbons (Fsp3) is 0.250. The van der Waals surface area contributed by atoms with Crippen LogP contribution >= 0.6 is 11.3 Å². The smallest absolute Gasteiger partial charge is 0.341 e. The number of benzene rings is 1. The van der Waals surface area contributed by atoms with Crippen LogP contribution in [-0.2, 0) is 16.4 Å². The number of sulfone groups is 1. The summed E-state index contributed by atoms with van der Waals surface area (Å²) in [6.07, 6.45) is 1.66. The zero-order valence-electron chi connectivity index (χ0n) is 10.5. The summed E-state index contributed by atoms with van der Waals surface area (Å²) in [4.78, 5) is 4.57. The second-order valence-corrected chi connectivity index (χ2v) is 7.21. The lowest BCUT2D eigenvalue weighted by atomic mass is 10.3. The van der Waals surface area contributed by atoms with Crippen molar-refractivity contribution in [2.75, 3.05) is 5.32 Å². The molecular formula is C12H12F2N2O2S2. The molecule has 0 spiro atoms. The number of alkyl halides is 2. The zero-order chi connectivity index (χ0) is 14.8. The number of hydrogen-bond donors (Lipinski definition) is 1. The van der Waals surface area contributed by atoms with Crippen LogP contribution in [0.4, 0.5) is 14.5 Å². The largest absolute Gasteiger partial charge is 0.379 e. The van der Waals surface area contributed by atoms with Crippen molar-refractivity contribution >= 4 is 26.9 Å². The molecule has 0 radical (unpaired) electrons. The van der Waals surface area contributed by atoms with E-state index in [1.807, 2.05) is 6.92 Å². The molecule has 1 aromatic heterocycles. The molecule has 1 aromatic carbocycles. The maximum atomic E-state index is 12.6. The second-order valence-electron chi connectivity index (χ2n) is 4.00. The monoisotopic (exact) mass is 318 g/mol. The Kier molecular flexibility index (Phi) is 4.34. The Balaban J connectivity index is 2.25. The van der Waals surface area contributed by atoms with Gasteiger partial charge in [-0.3, -0.25) is 0 Å². The number of nitrogens with zero attached hydrogens (tertiary/aromatic N) is 1. The van der Waals surface area contributed by atoms with E-state index in [4.69, 9.17) is 0 Å². The molecule has 0 fully saturated rings. The van der Waals surface area contributed by atoms with Crippen molar-refractivity contribution in [1.29, 1.82) is 0 Å². The van der Waals surface area contributed by atoms with Crippen LogP contribution in [0.3, 0.4) is 0 Å². The van der Waals surface area contributed by atoms with E-state index in [1.165, 1.54) is 29.5 Å². The standard InChI is InChI=1S/C12H12F2N2O2S2/c1-8-15-6-9(19-8)7-16-10-4-2-3-5-11(10)20(17,18)12(13)14/h2-6,12,16H,7H2,1H3. The SMILES string of the molecule is Cc1ncc(CNc2ccccc2S(=O)(=O)C(F)F)s1. The number of halogens is 2. The fourth-order valence-electron chi connectivity index (χ4n) is 1.63. The van der Waals surface area contributed by atoms with E-state index in [9.17, 15) is 17.2 Å². The summed E-state index contributed by atoms with van der Waals surface area (Å²) in [5.41, 5.74) is 0.166. The van der Waals surface area contributed by atoms with Gasteiger partial charge in [-0.2, -0.15) is 8.78 Å². The third-order valence-electron chi connectivity index (χ3n) is 2.55. The van der Waals surface area contributed by atoms with E-state index in [0.717, 1.165) is 9.88 Å². The molecule has 8 heteroatoms. The van der Waals surface area contributed by atoms with Gasteiger partial charge in [0.15, 0.2) is 0 Å².